The number of fused-ring (bicyclic) bond motifs is 1. The average Bonchev–Trinajstić information content (AvgIpc) is 3.21. The summed E-state index contributed by atoms with van der Waals surface area (Å²) in [5.74, 6) is 0.176. The van der Waals surface area contributed by atoms with Crippen LogP contribution in [0.25, 0.3) is 11.0 Å². The minimum atomic E-state index is -0.206. The van der Waals surface area contributed by atoms with E-state index in [0.717, 1.165) is 48.3 Å². The van der Waals surface area contributed by atoms with Crippen LogP contribution in [0.3, 0.4) is 0 Å². The van der Waals surface area contributed by atoms with Crippen LogP contribution in [0.15, 0.2) is 6.07 Å². The smallest absolute Gasteiger partial charge is 0.252 e. The van der Waals surface area contributed by atoms with Gasteiger partial charge < -0.3 is 10.1 Å². The fourth-order valence-electron chi connectivity index (χ4n) is 3.56. The molecule has 3 rings (SSSR count). The third kappa shape index (κ3) is 4.15. The number of nitrogens with one attached hydrogen (secondary N) is 1. The molecule has 1 saturated heterocycles. The number of rotatable bonds is 5. The van der Waals surface area contributed by atoms with Crippen molar-refractivity contribution >= 4 is 16.9 Å². The maximum Gasteiger partial charge on any atom is 0.252 e. The van der Waals surface area contributed by atoms with E-state index in [4.69, 9.17) is 14.8 Å². The first-order valence-electron chi connectivity index (χ1n) is 9.99. The molecule has 0 bridgehead atoms. The van der Waals surface area contributed by atoms with Gasteiger partial charge in [-0.25, -0.2) is 9.67 Å². The molecule has 2 aromatic rings. The van der Waals surface area contributed by atoms with Gasteiger partial charge in [0.2, 0.25) is 0 Å². The van der Waals surface area contributed by atoms with Gasteiger partial charge >= 0.3 is 0 Å². The van der Waals surface area contributed by atoms with Gasteiger partial charge in [-0.3, -0.25) is 4.79 Å². The monoisotopic (exact) mass is 372 g/mol. The summed E-state index contributed by atoms with van der Waals surface area (Å²) < 4.78 is 7.58. The van der Waals surface area contributed by atoms with E-state index in [1.165, 1.54) is 0 Å². The maximum absolute atomic E-state index is 13.0. The molecule has 1 atom stereocenters. The number of amides is 1. The number of aryl methyl sites for hydroxylation is 1. The van der Waals surface area contributed by atoms with Crippen LogP contribution in [0.5, 0.6) is 0 Å². The van der Waals surface area contributed by atoms with Crippen molar-refractivity contribution in [1.82, 2.24) is 20.1 Å². The quantitative estimate of drug-likeness (QED) is 0.864. The first kappa shape index (κ1) is 19.8. The Labute approximate surface area is 161 Å². The van der Waals surface area contributed by atoms with Crippen LogP contribution in [0, 0.1) is 6.92 Å². The minimum absolute atomic E-state index is 0.0566. The van der Waals surface area contributed by atoms with Crippen molar-refractivity contribution in [3.8, 4) is 0 Å². The zero-order valence-corrected chi connectivity index (χ0v) is 17.4. The summed E-state index contributed by atoms with van der Waals surface area (Å²) in [6.45, 7) is 13.9. The number of hydrogen-bond acceptors (Lipinski definition) is 4. The molecule has 0 aromatic carbocycles. The summed E-state index contributed by atoms with van der Waals surface area (Å²) >= 11 is 0. The lowest BCUT2D eigenvalue weighted by Gasteiger charge is -2.20. The Morgan fingerprint density at radius 1 is 1.41 bits per heavy atom. The van der Waals surface area contributed by atoms with Crippen molar-refractivity contribution in [2.24, 2.45) is 0 Å². The van der Waals surface area contributed by atoms with Gasteiger partial charge in [-0.2, -0.15) is 5.10 Å². The van der Waals surface area contributed by atoms with E-state index in [0.29, 0.717) is 12.1 Å². The van der Waals surface area contributed by atoms with E-state index in [1.807, 2.05) is 17.7 Å². The first-order valence-corrected chi connectivity index (χ1v) is 9.99. The lowest BCUT2D eigenvalue weighted by molar-refractivity contribution is 0.0908. The van der Waals surface area contributed by atoms with Crippen LogP contribution in [0.1, 0.15) is 81.5 Å². The molecular formula is C21H32N4O2. The molecule has 148 valence electrons. The highest BCUT2D eigenvalue weighted by atomic mass is 16.5. The van der Waals surface area contributed by atoms with Gasteiger partial charge in [0.1, 0.15) is 0 Å². The average molecular weight is 373 g/mol. The van der Waals surface area contributed by atoms with Gasteiger partial charge in [0.05, 0.1) is 28.3 Å². The summed E-state index contributed by atoms with van der Waals surface area (Å²) in [4.78, 5) is 17.9. The highest BCUT2D eigenvalue weighted by molar-refractivity contribution is 6.06. The summed E-state index contributed by atoms with van der Waals surface area (Å²) in [7, 11) is 0. The number of carbonyl (C=O) groups excluding carboxylic acids is 1. The van der Waals surface area contributed by atoms with Gasteiger partial charge in [-0.15, -0.1) is 0 Å². The van der Waals surface area contributed by atoms with Gasteiger partial charge in [0.15, 0.2) is 5.65 Å². The van der Waals surface area contributed by atoms with Gasteiger partial charge in [-0.1, -0.05) is 13.8 Å². The Morgan fingerprint density at radius 2 is 2.15 bits per heavy atom. The molecule has 1 aliphatic heterocycles. The number of hydrogen-bond donors (Lipinski definition) is 1. The summed E-state index contributed by atoms with van der Waals surface area (Å²) in [5, 5.41) is 8.63. The number of pyridine rings is 1. The van der Waals surface area contributed by atoms with Crippen LogP contribution < -0.4 is 5.32 Å². The molecule has 1 fully saturated rings. The van der Waals surface area contributed by atoms with Crippen molar-refractivity contribution < 1.29 is 9.53 Å². The van der Waals surface area contributed by atoms with E-state index in [2.05, 4.69) is 39.9 Å². The maximum atomic E-state index is 13.0. The number of aromatic nitrogens is 3. The first-order chi connectivity index (χ1) is 12.7. The molecule has 2 aromatic heterocycles. The van der Waals surface area contributed by atoms with Crippen molar-refractivity contribution in [2.45, 2.75) is 78.4 Å². The predicted molar refractivity (Wildman–Crippen MR) is 107 cm³/mol. The Kier molecular flexibility index (Phi) is 5.56. The summed E-state index contributed by atoms with van der Waals surface area (Å²) in [6.07, 6.45) is 3.34. The van der Waals surface area contributed by atoms with Crippen LogP contribution in [0.2, 0.25) is 0 Å². The van der Waals surface area contributed by atoms with Crippen LogP contribution >= 0.6 is 0 Å². The molecule has 0 radical (unpaired) electrons. The number of carbonyl (C=O) groups is 1. The minimum Gasteiger partial charge on any atom is -0.378 e. The molecule has 1 aliphatic rings. The van der Waals surface area contributed by atoms with Gasteiger partial charge in [0.25, 0.3) is 5.91 Å². The second kappa shape index (κ2) is 7.58. The van der Waals surface area contributed by atoms with Crippen LogP contribution in [-0.2, 0) is 10.3 Å². The lowest BCUT2D eigenvalue weighted by Crippen LogP contribution is -2.28. The van der Waals surface area contributed by atoms with Crippen molar-refractivity contribution in [3.63, 3.8) is 0 Å². The zero-order chi connectivity index (χ0) is 19.8. The van der Waals surface area contributed by atoms with E-state index < -0.39 is 0 Å². The number of nitrogens with zero attached hydrogens (tertiary/aromatic N) is 3. The fourth-order valence-corrected chi connectivity index (χ4v) is 3.56. The topological polar surface area (TPSA) is 69.0 Å². The fraction of sp³-hybridized carbons (Fsp3) is 0.667. The second-order valence-corrected chi connectivity index (χ2v) is 8.80. The predicted octanol–water partition coefficient (Wildman–Crippen LogP) is 3.92. The summed E-state index contributed by atoms with van der Waals surface area (Å²) in [5.41, 5.74) is 3.01. The largest absolute Gasteiger partial charge is 0.378 e. The molecule has 0 aliphatic carbocycles. The third-order valence-corrected chi connectivity index (χ3v) is 5.08. The Bertz CT molecular complexity index is 827. The molecular weight excluding hydrogens is 340 g/mol. The molecule has 3 heterocycles. The molecule has 1 N–H and O–H groups in total. The SMILES string of the molecule is Cc1nn(C(C)(C)C)c2nc(C(C)C)cc(C(=O)NCCC3CCCO3)c12. The normalized spacial score (nSPS) is 17.8. The van der Waals surface area contributed by atoms with Crippen molar-refractivity contribution in [3.05, 3.63) is 23.0 Å². The van der Waals surface area contributed by atoms with Crippen LogP contribution in [0.4, 0.5) is 0 Å². The van der Waals surface area contributed by atoms with Crippen molar-refractivity contribution in [1.29, 1.82) is 0 Å². The highest BCUT2D eigenvalue weighted by Gasteiger charge is 2.25. The van der Waals surface area contributed by atoms with Gasteiger partial charge in [-0.05, 0) is 58.9 Å². The molecule has 0 saturated carbocycles. The van der Waals surface area contributed by atoms with E-state index in [1.54, 1.807) is 0 Å². The molecule has 1 amide bonds. The Morgan fingerprint density at radius 3 is 2.74 bits per heavy atom. The van der Waals surface area contributed by atoms with Gasteiger partial charge in [0, 0.05) is 18.8 Å². The molecule has 27 heavy (non-hydrogen) atoms. The van der Waals surface area contributed by atoms with E-state index in [9.17, 15) is 4.79 Å². The standard InChI is InChI=1S/C21H32N4O2/c1-13(2)17-12-16(20(26)22-10-9-15-8-7-11-27-15)18-14(3)24-25(19(18)23-17)21(4,5)6/h12-13,15H,7-11H2,1-6H3,(H,22,26). The number of ether oxygens (including phenoxy) is 1. The third-order valence-electron chi connectivity index (χ3n) is 5.08. The molecule has 6 heteroatoms. The zero-order valence-electron chi connectivity index (χ0n) is 17.4. The van der Waals surface area contributed by atoms with E-state index in [-0.39, 0.29) is 23.5 Å². The summed E-state index contributed by atoms with van der Waals surface area (Å²) in [6, 6.07) is 1.93. The molecule has 0 spiro atoms. The molecule has 6 nitrogen and oxygen atoms in total. The van der Waals surface area contributed by atoms with E-state index >= 15 is 0 Å². The second-order valence-electron chi connectivity index (χ2n) is 8.80. The van der Waals surface area contributed by atoms with Crippen LogP contribution in [-0.4, -0.2) is 39.9 Å². The molecule has 1 unspecified atom stereocenters. The lowest BCUT2D eigenvalue weighted by atomic mass is 10.0. The Hall–Kier alpha value is -1.95. The Balaban J connectivity index is 1.95. The van der Waals surface area contributed by atoms with Crippen molar-refractivity contribution in [2.75, 3.05) is 13.2 Å². The highest BCUT2D eigenvalue weighted by Crippen LogP contribution is 2.28.